The first-order valence-corrected chi connectivity index (χ1v) is 8.17. The lowest BCUT2D eigenvalue weighted by molar-refractivity contribution is 0.0697. The average molecular weight is 344 g/mol. The lowest BCUT2D eigenvalue weighted by Crippen LogP contribution is -2.41. The molecule has 7 heteroatoms. The number of aryl methyl sites for hydroxylation is 1. The van der Waals surface area contributed by atoms with E-state index >= 15 is 0 Å². The summed E-state index contributed by atoms with van der Waals surface area (Å²) < 4.78 is 1.71. The largest absolute Gasteiger partial charge is 0.478 e. The minimum Gasteiger partial charge on any atom is -0.478 e. The number of carbonyl (C=O) groups is 2. The van der Waals surface area contributed by atoms with Crippen LogP contribution in [0, 0.1) is 5.92 Å². The van der Waals surface area contributed by atoms with Gasteiger partial charge in [0.15, 0.2) is 0 Å². The third kappa shape index (κ3) is 5.63. The zero-order valence-electron chi connectivity index (χ0n) is 14.8. The Hall–Kier alpha value is -2.83. The van der Waals surface area contributed by atoms with Crippen molar-refractivity contribution in [1.82, 2.24) is 20.0 Å². The number of amides is 2. The minimum atomic E-state index is -0.963. The van der Waals surface area contributed by atoms with Gasteiger partial charge in [-0.05, 0) is 23.6 Å². The minimum absolute atomic E-state index is 0.153. The fraction of sp³-hybridized carbons (Fsp3) is 0.389. The second-order valence-corrected chi connectivity index (χ2v) is 6.46. The van der Waals surface area contributed by atoms with E-state index in [9.17, 15) is 9.59 Å². The maximum Gasteiger partial charge on any atom is 0.335 e. The quantitative estimate of drug-likeness (QED) is 0.808. The fourth-order valence-corrected chi connectivity index (χ4v) is 2.49. The van der Waals surface area contributed by atoms with E-state index in [2.05, 4.69) is 24.3 Å². The Labute approximate surface area is 147 Å². The number of hydrogen-bond acceptors (Lipinski definition) is 3. The fourth-order valence-electron chi connectivity index (χ4n) is 2.49. The monoisotopic (exact) mass is 344 g/mol. The second kappa shape index (κ2) is 8.32. The summed E-state index contributed by atoms with van der Waals surface area (Å²) in [6.45, 7) is 5.61. The van der Waals surface area contributed by atoms with Gasteiger partial charge >= 0.3 is 12.0 Å². The van der Waals surface area contributed by atoms with E-state index in [0.717, 1.165) is 11.1 Å². The van der Waals surface area contributed by atoms with Crippen LogP contribution in [0.15, 0.2) is 36.7 Å². The highest BCUT2D eigenvalue weighted by molar-refractivity contribution is 5.87. The predicted molar refractivity (Wildman–Crippen MR) is 94.1 cm³/mol. The average Bonchev–Trinajstić information content (AvgIpc) is 2.97. The lowest BCUT2D eigenvalue weighted by atomic mass is 10.1. The zero-order chi connectivity index (χ0) is 18.4. The van der Waals surface area contributed by atoms with Crippen LogP contribution in [0.2, 0.25) is 0 Å². The number of nitrogens with zero attached hydrogens (tertiary/aromatic N) is 3. The number of rotatable bonds is 7. The molecule has 134 valence electrons. The molecule has 25 heavy (non-hydrogen) atoms. The Bertz CT molecular complexity index is 722. The van der Waals surface area contributed by atoms with Crippen molar-refractivity contribution in [3.05, 3.63) is 53.3 Å². The van der Waals surface area contributed by atoms with Gasteiger partial charge in [-0.25, -0.2) is 9.59 Å². The van der Waals surface area contributed by atoms with Crippen molar-refractivity contribution in [3.8, 4) is 0 Å². The van der Waals surface area contributed by atoms with Gasteiger partial charge in [-0.2, -0.15) is 5.10 Å². The van der Waals surface area contributed by atoms with Crippen LogP contribution in [0.5, 0.6) is 0 Å². The number of aromatic nitrogens is 2. The normalized spacial score (nSPS) is 10.7. The molecule has 0 atom stereocenters. The maximum atomic E-state index is 12.5. The molecule has 2 amide bonds. The Morgan fingerprint density at radius 2 is 1.92 bits per heavy atom. The molecule has 7 nitrogen and oxygen atoms in total. The Morgan fingerprint density at radius 3 is 2.44 bits per heavy atom. The first-order valence-electron chi connectivity index (χ1n) is 8.17. The summed E-state index contributed by atoms with van der Waals surface area (Å²) in [5, 5.41) is 15.9. The van der Waals surface area contributed by atoms with Crippen molar-refractivity contribution in [2.75, 3.05) is 6.54 Å². The SMILES string of the molecule is CC(C)CN(Cc1cnn(C)c1)C(=O)NCc1ccc(C(=O)O)cc1. The number of benzene rings is 1. The molecule has 1 heterocycles. The molecule has 0 fully saturated rings. The zero-order valence-corrected chi connectivity index (χ0v) is 14.8. The summed E-state index contributed by atoms with van der Waals surface area (Å²) >= 11 is 0. The third-order valence-electron chi connectivity index (χ3n) is 3.65. The van der Waals surface area contributed by atoms with Crippen LogP contribution >= 0.6 is 0 Å². The summed E-state index contributed by atoms with van der Waals surface area (Å²) in [6.07, 6.45) is 3.65. The Morgan fingerprint density at radius 1 is 1.24 bits per heavy atom. The van der Waals surface area contributed by atoms with Gasteiger partial charge in [0.1, 0.15) is 0 Å². The van der Waals surface area contributed by atoms with Gasteiger partial charge < -0.3 is 15.3 Å². The van der Waals surface area contributed by atoms with Crippen LogP contribution in [0.1, 0.15) is 35.3 Å². The summed E-state index contributed by atoms with van der Waals surface area (Å²) in [7, 11) is 1.84. The number of nitrogens with one attached hydrogen (secondary N) is 1. The van der Waals surface area contributed by atoms with E-state index in [-0.39, 0.29) is 11.6 Å². The van der Waals surface area contributed by atoms with Crippen LogP contribution in [0.4, 0.5) is 4.79 Å². The Balaban J connectivity index is 1.97. The van der Waals surface area contributed by atoms with Gasteiger partial charge in [-0.3, -0.25) is 4.68 Å². The highest BCUT2D eigenvalue weighted by Crippen LogP contribution is 2.08. The summed E-state index contributed by atoms with van der Waals surface area (Å²) in [4.78, 5) is 25.2. The summed E-state index contributed by atoms with van der Waals surface area (Å²) in [6, 6.07) is 6.33. The number of aromatic carboxylic acids is 1. The van der Waals surface area contributed by atoms with Crippen LogP contribution in [0.25, 0.3) is 0 Å². The molecule has 0 spiro atoms. The van der Waals surface area contributed by atoms with Crippen LogP contribution in [-0.4, -0.2) is 38.3 Å². The van der Waals surface area contributed by atoms with E-state index in [4.69, 9.17) is 5.11 Å². The molecule has 0 radical (unpaired) electrons. The third-order valence-corrected chi connectivity index (χ3v) is 3.65. The topological polar surface area (TPSA) is 87.5 Å². The van der Waals surface area contributed by atoms with E-state index in [1.54, 1.807) is 27.9 Å². The predicted octanol–water partition coefficient (Wildman–Crippen LogP) is 2.49. The first kappa shape index (κ1) is 18.5. The lowest BCUT2D eigenvalue weighted by Gasteiger charge is -2.24. The molecule has 1 aromatic carbocycles. The van der Waals surface area contributed by atoms with Gasteiger partial charge in [-0.15, -0.1) is 0 Å². The highest BCUT2D eigenvalue weighted by Gasteiger charge is 2.16. The van der Waals surface area contributed by atoms with Crippen LogP contribution in [0.3, 0.4) is 0 Å². The molecule has 0 aliphatic heterocycles. The van der Waals surface area contributed by atoms with Crippen molar-refractivity contribution < 1.29 is 14.7 Å². The molecular formula is C18H24N4O3. The molecule has 0 aliphatic carbocycles. The van der Waals surface area contributed by atoms with Gasteiger partial charge in [0.25, 0.3) is 0 Å². The number of carboxylic acids is 1. The van der Waals surface area contributed by atoms with Crippen LogP contribution in [-0.2, 0) is 20.1 Å². The highest BCUT2D eigenvalue weighted by atomic mass is 16.4. The molecule has 2 aromatic rings. The molecule has 0 saturated heterocycles. The van der Waals surface area contributed by atoms with Crippen molar-refractivity contribution in [3.63, 3.8) is 0 Å². The molecular weight excluding hydrogens is 320 g/mol. The van der Waals surface area contributed by atoms with Gasteiger partial charge in [0.2, 0.25) is 0 Å². The van der Waals surface area contributed by atoms with E-state index in [0.29, 0.717) is 25.6 Å². The number of urea groups is 1. The van der Waals surface area contributed by atoms with Crippen LogP contribution < -0.4 is 5.32 Å². The number of carboxylic acid groups (broad SMARTS) is 1. The van der Waals surface area contributed by atoms with E-state index < -0.39 is 5.97 Å². The van der Waals surface area contributed by atoms with Gasteiger partial charge in [-0.1, -0.05) is 26.0 Å². The van der Waals surface area contributed by atoms with Crippen molar-refractivity contribution in [1.29, 1.82) is 0 Å². The van der Waals surface area contributed by atoms with E-state index in [1.165, 1.54) is 12.1 Å². The molecule has 0 saturated carbocycles. The van der Waals surface area contributed by atoms with Crippen molar-refractivity contribution in [2.24, 2.45) is 13.0 Å². The van der Waals surface area contributed by atoms with Crippen molar-refractivity contribution >= 4 is 12.0 Å². The smallest absolute Gasteiger partial charge is 0.335 e. The Kier molecular flexibility index (Phi) is 6.16. The first-order chi connectivity index (χ1) is 11.8. The molecule has 2 rings (SSSR count). The molecule has 0 unspecified atom stereocenters. The van der Waals surface area contributed by atoms with Crippen molar-refractivity contribution in [2.45, 2.75) is 26.9 Å². The summed E-state index contributed by atoms with van der Waals surface area (Å²) in [5.74, 6) is -0.618. The molecule has 1 aromatic heterocycles. The summed E-state index contributed by atoms with van der Waals surface area (Å²) in [5.41, 5.74) is 2.06. The number of carbonyl (C=O) groups excluding carboxylic acids is 1. The van der Waals surface area contributed by atoms with Gasteiger partial charge in [0.05, 0.1) is 18.3 Å². The van der Waals surface area contributed by atoms with E-state index in [1.807, 2.05) is 13.2 Å². The standard InChI is InChI=1S/C18H24N4O3/c1-13(2)10-22(12-15-9-20-21(3)11-15)18(25)19-8-14-4-6-16(7-5-14)17(23)24/h4-7,9,11,13H,8,10,12H2,1-3H3,(H,19,25)(H,23,24). The molecule has 0 bridgehead atoms. The second-order valence-electron chi connectivity index (χ2n) is 6.46. The molecule has 0 aliphatic rings. The number of hydrogen-bond donors (Lipinski definition) is 2. The van der Waals surface area contributed by atoms with Gasteiger partial charge in [0, 0.05) is 31.9 Å². The molecule has 2 N–H and O–H groups in total. The maximum absolute atomic E-state index is 12.5.